The minimum absolute atomic E-state index is 0.00244. The lowest BCUT2D eigenvalue weighted by atomic mass is 10.1. The zero-order chi connectivity index (χ0) is 20.9. The summed E-state index contributed by atoms with van der Waals surface area (Å²) in [7, 11) is 0. The number of pyridine rings is 1. The molecule has 2 aromatic heterocycles. The van der Waals surface area contributed by atoms with Gasteiger partial charge in [0.1, 0.15) is 11.1 Å². The maximum Gasteiger partial charge on any atom is 0.344 e. The lowest BCUT2D eigenvalue weighted by molar-refractivity contribution is 0.0697. The van der Waals surface area contributed by atoms with Gasteiger partial charge in [0.2, 0.25) is 5.95 Å². The molecule has 0 radical (unpaired) electrons. The van der Waals surface area contributed by atoms with Crippen LogP contribution in [0.4, 0.5) is 17.5 Å². The molecule has 0 unspecified atom stereocenters. The monoisotopic (exact) mass is 400 g/mol. The highest BCUT2D eigenvalue weighted by atomic mass is 16.4. The number of carboxylic acid groups (broad SMARTS) is 1. The van der Waals surface area contributed by atoms with Crippen LogP contribution in [-0.2, 0) is 0 Å². The second-order valence-corrected chi connectivity index (χ2v) is 6.56. The van der Waals surface area contributed by atoms with Crippen molar-refractivity contribution < 1.29 is 9.90 Å². The zero-order valence-electron chi connectivity index (χ0n) is 16.4. The smallest absolute Gasteiger partial charge is 0.344 e. The molecule has 2 heterocycles. The highest BCUT2D eigenvalue weighted by molar-refractivity contribution is 6.09. The van der Waals surface area contributed by atoms with Gasteiger partial charge in [0.15, 0.2) is 5.82 Å². The topological polar surface area (TPSA) is 112 Å². The third-order valence-corrected chi connectivity index (χ3v) is 4.48. The third kappa shape index (κ3) is 4.06. The highest BCUT2D eigenvalue weighted by Gasteiger charge is 2.14. The summed E-state index contributed by atoms with van der Waals surface area (Å²) >= 11 is 0. The quantitative estimate of drug-likeness (QED) is 0.334. The average molecular weight is 400 g/mol. The molecular weight excluding hydrogens is 380 g/mol. The number of fused-ring (bicyclic) bond motifs is 3. The maximum atomic E-state index is 11.3. The van der Waals surface area contributed by atoms with Crippen molar-refractivity contribution in [3.05, 3.63) is 60.3 Å². The Bertz CT molecular complexity index is 1200. The summed E-state index contributed by atoms with van der Waals surface area (Å²) in [6, 6.07) is 16.7. The van der Waals surface area contributed by atoms with Crippen molar-refractivity contribution in [3.63, 3.8) is 0 Å². The largest absolute Gasteiger partial charge is 0.477 e. The number of aromatic nitrogens is 3. The van der Waals surface area contributed by atoms with E-state index in [0.29, 0.717) is 40.1 Å². The van der Waals surface area contributed by atoms with Crippen LogP contribution in [0.1, 0.15) is 17.3 Å². The third-order valence-electron chi connectivity index (χ3n) is 4.48. The van der Waals surface area contributed by atoms with E-state index in [-0.39, 0.29) is 5.56 Å². The number of aromatic carboxylic acids is 1. The molecule has 0 aliphatic heterocycles. The number of nitrogens with one attached hydrogen (secondary N) is 3. The minimum atomic E-state index is -1.08. The summed E-state index contributed by atoms with van der Waals surface area (Å²) in [5.74, 6) is -0.0790. The van der Waals surface area contributed by atoms with Crippen LogP contribution >= 0.6 is 0 Å². The van der Waals surface area contributed by atoms with Crippen molar-refractivity contribution in [1.29, 1.82) is 0 Å². The Morgan fingerprint density at radius 3 is 2.73 bits per heavy atom. The highest BCUT2D eigenvalue weighted by Crippen LogP contribution is 2.29. The molecule has 0 spiro atoms. The van der Waals surface area contributed by atoms with Crippen molar-refractivity contribution in [3.8, 4) is 0 Å². The van der Waals surface area contributed by atoms with E-state index in [1.807, 2.05) is 37.3 Å². The van der Waals surface area contributed by atoms with Gasteiger partial charge in [-0.15, -0.1) is 0 Å². The number of nitrogens with zero attached hydrogens (tertiary/aromatic N) is 3. The predicted molar refractivity (Wildman–Crippen MR) is 116 cm³/mol. The molecule has 0 saturated carbocycles. The van der Waals surface area contributed by atoms with Gasteiger partial charge < -0.3 is 21.1 Å². The van der Waals surface area contributed by atoms with Gasteiger partial charge in [0.05, 0.1) is 10.9 Å². The molecule has 150 valence electrons. The Kier molecular flexibility index (Phi) is 5.54. The van der Waals surface area contributed by atoms with E-state index in [0.717, 1.165) is 18.8 Å². The molecule has 30 heavy (non-hydrogen) atoms. The van der Waals surface area contributed by atoms with Crippen LogP contribution in [0.5, 0.6) is 0 Å². The van der Waals surface area contributed by atoms with Gasteiger partial charge in [-0.2, -0.15) is 0 Å². The average Bonchev–Trinajstić information content (AvgIpc) is 2.77. The van der Waals surface area contributed by atoms with E-state index in [4.69, 9.17) is 0 Å². The fourth-order valence-electron chi connectivity index (χ4n) is 3.04. The van der Waals surface area contributed by atoms with Gasteiger partial charge in [-0.05, 0) is 24.7 Å². The summed E-state index contributed by atoms with van der Waals surface area (Å²) in [5.41, 5.74) is 1.94. The molecule has 8 nitrogen and oxygen atoms in total. The van der Waals surface area contributed by atoms with Crippen LogP contribution in [0.15, 0.2) is 42.6 Å². The van der Waals surface area contributed by atoms with E-state index < -0.39 is 5.97 Å². The Balaban J connectivity index is 1.82. The minimum Gasteiger partial charge on any atom is -0.477 e. The summed E-state index contributed by atoms with van der Waals surface area (Å²) in [4.78, 5) is 25.0. The molecule has 0 aliphatic carbocycles. The van der Waals surface area contributed by atoms with Gasteiger partial charge in [-0.1, -0.05) is 37.3 Å². The number of hydrogen-bond acceptors (Lipinski definition) is 7. The number of carbonyl (C=O) groups is 1. The Hall–Kier alpha value is -3.96. The van der Waals surface area contributed by atoms with Gasteiger partial charge in [0.25, 0.3) is 0 Å². The van der Waals surface area contributed by atoms with Crippen LogP contribution in [0.2, 0.25) is 0 Å². The van der Waals surface area contributed by atoms with E-state index >= 15 is 0 Å². The second kappa shape index (κ2) is 8.59. The number of carboxylic acids is 1. The SMILES string of the molecule is CCNCCNc1ncc2c(n1)c(Nc1ccccc1)nc1cc(C(=O)O)c#cc12. The second-order valence-electron chi connectivity index (χ2n) is 6.56. The number of hydrogen-bond donors (Lipinski definition) is 4. The molecule has 4 N–H and O–H groups in total. The summed E-state index contributed by atoms with van der Waals surface area (Å²) in [6.45, 7) is 4.42. The molecule has 2 aromatic carbocycles. The fourth-order valence-corrected chi connectivity index (χ4v) is 3.04. The Labute approximate surface area is 173 Å². The van der Waals surface area contributed by atoms with Crippen LogP contribution in [-0.4, -0.2) is 45.7 Å². The van der Waals surface area contributed by atoms with Gasteiger partial charge in [-0.25, -0.2) is 19.7 Å². The molecule has 0 saturated heterocycles. The van der Waals surface area contributed by atoms with E-state index in [9.17, 15) is 9.90 Å². The van der Waals surface area contributed by atoms with Gasteiger partial charge in [-0.3, -0.25) is 0 Å². The molecule has 0 bridgehead atoms. The van der Waals surface area contributed by atoms with Crippen LogP contribution < -0.4 is 16.0 Å². The first-order valence-electron chi connectivity index (χ1n) is 9.60. The first kappa shape index (κ1) is 19.4. The van der Waals surface area contributed by atoms with Crippen molar-refractivity contribution in [2.75, 3.05) is 30.3 Å². The van der Waals surface area contributed by atoms with Crippen LogP contribution in [0.3, 0.4) is 0 Å². The van der Waals surface area contributed by atoms with Crippen LogP contribution in [0.25, 0.3) is 21.8 Å². The molecule has 0 aliphatic rings. The number of anilines is 3. The first-order chi connectivity index (χ1) is 14.7. The fraction of sp³-hybridized carbons (Fsp3) is 0.182. The lowest BCUT2D eigenvalue weighted by Gasteiger charge is -2.12. The molecular formula is C22H20N6O2. The number of para-hydroxylation sites is 1. The molecule has 4 aromatic rings. The zero-order valence-corrected chi connectivity index (χ0v) is 16.4. The molecule has 0 atom stereocenters. The normalized spacial score (nSPS) is 10.7. The predicted octanol–water partition coefficient (Wildman–Crippen LogP) is 3.24. The van der Waals surface area contributed by atoms with Crippen molar-refractivity contribution in [2.24, 2.45) is 0 Å². The number of likely N-dealkylation sites (N-methyl/N-ethyl adjacent to an activating group) is 1. The lowest BCUT2D eigenvalue weighted by Crippen LogP contribution is -2.22. The Morgan fingerprint density at radius 1 is 1.13 bits per heavy atom. The number of rotatable bonds is 8. The van der Waals surface area contributed by atoms with Crippen molar-refractivity contribution in [2.45, 2.75) is 6.92 Å². The molecule has 8 heteroatoms. The summed E-state index contributed by atoms with van der Waals surface area (Å²) in [6.07, 6.45) is 1.70. The van der Waals surface area contributed by atoms with Crippen molar-refractivity contribution in [1.82, 2.24) is 20.3 Å². The van der Waals surface area contributed by atoms with Crippen LogP contribution in [0, 0.1) is 12.1 Å². The van der Waals surface area contributed by atoms with E-state index in [1.165, 1.54) is 6.07 Å². The summed E-state index contributed by atoms with van der Waals surface area (Å²) in [5, 5.41) is 20.3. The van der Waals surface area contributed by atoms with Gasteiger partial charge in [0, 0.05) is 30.4 Å². The standard InChI is InChI=1S/C22H20N6O2/c1-2-23-10-11-24-22-25-13-17-16-9-8-14(21(29)30)12-18(16)27-20(19(17)28-22)26-15-6-4-3-5-7-15/h3-7,12-13,23H,2,10-11H2,1H3,(H,26,27)(H,29,30)(H,24,25,28). The molecule has 0 amide bonds. The van der Waals surface area contributed by atoms with Gasteiger partial charge >= 0.3 is 5.97 Å². The number of benzene rings is 1. The van der Waals surface area contributed by atoms with Crippen molar-refractivity contribution >= 4 is 45.2 Å². The first-order valence-corrected chi connectivity index (χ1v) is 9.60. The maximum absolute atomic E-state index is 11.3. The summed E-state index contributed by atoms with van der Waals surface area (Å²) < 4.78 is 0. The van der Waals surface area contributed by atoms with E-state index in [1.54, 1.807) is 6.20 Å². The molecule has 0 fully saturated rings. The molecule has 4 rings (SSSR count). The Morgan fingerprint density at radius 2 is 1.97 bits per heavy atom. The van der Waals surface area contributed by atoms with E-state index in [2.05, 4.69) is 43.0 Å².